The summed E-state index contributed by atoms with van der Waals surface area (Å²) in [4.78, 5) is 21.9. The van der Waals surface area contributed by atoms with Crippen LogP contribution in [0.2, 0.25) is 0 Å². The van der Waals surface area contributed by atoms with E-state index in [4.69, 9.17) is 5.11 Å². The molecular weight excluding hydrogens is 262 g/mol. The highest BCUT2D eigenvalue weighted by molar-refractivity contribution is 9.10. The Morgan fingerprint density at radius 2 is 2.13 bits per heavy atom. The number of carboxylic acids is 1. The highest BCUT2D eigenvalue weighted by atomic mass is 79.9. The van der Waals surface area contributed by atoms with Crippen molar-refractivity contribution in [1.29, 1.82) is 0 Å². The number of aryl methyl sites for hydroxylation is 1. The largest absolute Gasteiger partial charge is 0.478 e. The Morgan fingerprint density at radius 3 is 2.80 bits per heavy atom. The number of hydrogen-bond acceptors (Lipinski definition) is 2. The molecule has 0 bridgehead atoms. The summed E-state index contributed by atoms with van der Waals surface area (Å²) in [6.07, 6.45) is 0.989. The second-order valence-electron chi connectivity index (χ2n) is 3.35. The van der Waals surface area contributed by atoms with Crippen LogP contribution in [0, 0.1) is 0 Å². The van der Waals surface area contributed by atoms with Gasteiger partial charge in [0.15, 0.2) is 0 Å². The number of anilines is 1. The molecule has 0 radical (unpaired) electrons. The van der Waals surface area contributed by atoms with E-state index in [-0.39, 0.29) is 11.5 Å². The first-order valence-electron chi connectivity index (χ1n) is 4.43. The smallest absolute Gasteiger partial charge is 0.335 e. The summed E-state index contributed by atoms with van der Waals surface area (Å²) in [5.41, 5.74) is 1.79. The van der Waals surface area contributed by atoms with Crippen LogP contribution in [0.4, 0.5) is 5.69 Å². The van der Waals surface area contributed by atoms with Gasteiger partial charge in [-0.15, -0.1) is 0 Å². The standard InChI is InChI=1S/C10H8BrNO3/c11-7-4-6(10(14)15)3-5-1-2-8(13)12-9(5)7/h3-4H,1-2H2,(H,12,13)(H,14,15). The number of aromatic carboxylic acids is 1. The summed E-state index contributed by atoms with van der Waals surface area (Å²) in [7, 11) is 0. The molecule has 1 aromatic rings. The van der Waals surface area contributed by atoms with Crippen molar-refractivity contribution >= 4 is 33.5 Å². The Morgan fingerprint density at radius 1 is 1.40 bits per heavy atom. The van der Waals surface area contributed by atoms with E-state index >= 15 is 0 Å². The first-order valence-corrected chi connectivity index (χ1v) is 5.23. The number of hydrogen-bond donors (Lipinski definition) is 2. The third-order valence-electron chi connectivity index (χ3n) is 2.30. The van der Waals surface area contributed by atoms with E-state index < -0.39 is 5.97 Å². The number of halogens is 1. The number of rotatable bonds is 1. The maximum Gasteiger partial charge on any atom is 0.335 e. The zero-order valence-electron chi connectivity index (χ0n) is 7.71. The van der Waals surface area contributed by atoms with E-state index in [1.54, 1.807) is 6.07 Å². The molecule has 1 heterocycles. The third-order valence-corrected chi connectivity index (χ3v) is 2.93. The van der Waals surface area contributed by atoms with Crippen LogP contribution in [0.5, 0.6) is 0 Å². The lowest BCUT2D eigenvalue weighted by atomic mass is 10.0. The maximum absolute atomic E-state index is 11.1. The minimum absolute atomic E-state index is 0.0359. The van der Waals surface area contributed by atoms with Gasteiger partial charge in [0, 0.05) is 10.9 Å². The number of amides is 1. The number of fused-ring (bicyclic) bond motifs is 1. The molecule has 0 unspecified atom stereocenters. The van der Waals surface area contributed by atoms with Crippen LogP contribution in [-0.4, -0.2) is 17.0 Å². The Kier molecular flexibility index (Phi) is 2.48. The summed E-state index contributed by atoms with van der Waals surface area (Å²) in [5, 5.41) is 11.6. The first-order chi connectivity index (χ1) is 7.08. The van der Waals surface area contributed by atoms with Crippen molar-refractivity contribution in [1.82, 2.24) is 0 Å². The predicted octanol–water partition coefficient (Wildman–Crippen LogP) is 2.03. The zero-order chi connectivity index (χ0) is 11.0. The van der Waals surface area contributed by atoms with E-state index in [0.717, 1.165) is 5.56 Å². The average molecular weight is 270 g/mol. The molecule has 0 saturated carbocycles. The fraction of sp³-hybridized carbons (Fsp3) is 0.200. The molecule has 2 rings (SSSR count). The molecule has 2 N–H and O–H groups in total. The SMILES string of the molecule is O=C1CCc2cc(C(=O)O)cc(Br)c2N1. The Hall–Kier alpha value is -1.36. The molecule has 78 valence electrons. The van der Waals surface area contributed by atoms with Gasteiger partial charge in [-0.2, -0.15) is 0 Å². The molecule has 0 atom stereocenters. The molecule has 4 nitrogen and oxygen atoms in total. The van der Waals surface area contributed by atoms with Gasteiger partial charge in [-0.3, -0.25) is 4.79 Å². The molecule has 0 saturated heterocycles. The normalized spacial score (nSPS) is 14.3. The Labute approximate surface area is 94.4 Å². The van der Waals surface area contributed by atoms with Gasteiger partial charge in [-0.05, 0) is 40.0 Å². The summed E-state index contributed by atoms with van der Waals surface area (Å²) in [6.45, 7) is 0. The van der Waals surface area contributed by atoms with Crippen LogP contribution >= 0.6 is 15.9 Å². The van der Waals surface area contributed by atoms with Gasteiger partial charge in [0.2, 0.25) is 5.91 Å². The molecule has 1 aromatic carbocycles. The van der Waals surface area contributed by atoms with Crippen LogP contribution in [-0.2, 0) is 11.2 Å². The second kappa shape index (κ2) is 3.66. The molecule has 1 amide bonds. The molecule has 1 aliphatic heterocycles. The highest BCUT2D eigenvalue weighted by Crippen LogP contribution is 2.32. The quantitative estimate of drug-likeness (QED) is 0.820. The van der Waals surface area contributed by atoms with Crippen LogP contribution in [0.15, 0.2) is 16.6 Å². The van der Waals surface area contributed by atoms with Crippen LogP contribution < -0.4 is 5.32 Å². The molecule has 0 fully saturated rings. The van der Waals surface area contributed by atoms with E-state index in [9.17, 15) is 9.59 Å². The van der Waals surface area contributed by atoms with E-state index in [1.165, 1.54) is 6.07 Å². The molecule has 0 aliphatic carbocycles. The van der Waals surface area contributed by atoms with Crippen molar-refractivity contribution in [2.75, 3.05) is 5.32 Å². The number of benzene rings is 1. The van der Waals surface area contributed by atoms with Crippen LogP contribution in [0.25, 0.3) is 0 Å². The minimum Gasteiger partial charge on any atom is -0.478 e. The van der Waals surface area contributed by atoms with Crippen LogP contribution in [0.1, 0.15) is 22.3 Å². The second-order valence-corrected chi connectivity index (χ2v) is 4.20. The maximum atomic E-state index is 11.1. The summed E-state index contributed by atoms with van der Waals surface area (Å²) < 4.78 is 0.616. The number of carboxylic acid groups (broad SMARTS) is 1. The van der Waals surface area contributed by atoms with Crippen molar-refractivity contribution in [2.24, 2.45) is 0 Å². The molecule has 15 heavy (non-hydrogen) atoms. The lowest BCUT2D eigenvalue weighted by Gasteiger charge is -2.18. The van der Waals surface area contributed by atoms with Crippen LogP contribution in [0.3, 0.4) is 0 Å². The zero-order valence-corrected chi connectivity index (χ0v) is 9.30. The summed E-state index contributed by atoms with van der Waals surface area (Å²) in [5.74, 6) is -0.998. The van der Waals surface area contributed by atoms with Crippen molar-refractivity contribution in [3.05, 3.63) is 27.7 Å². The lowest BCUT2D eigenvalue weighted by molar-refractivity contribution is -0.116. The number of nitrogens with one attached hydrogen (secondary N) is 1. The monoisotopic (exact) mass is 269 g/mol. The average Bonchev–Trinajstić information content (AvgIpc) is 2.18. The fourth-order valence-corrected chi connectivity index (χ4v) is 2.17. The van der Waals surface area contributed by atoms with E-state index in [0.29, 0.717) is 23.0 Å². The topological polar surface area (TPSA) is 66.4 Å². The first kappa shape index (κ1) is 10.2. The van der Waals surface area contributed by atoms with Gasteiger partial charge in [0.25, 0.3) is 0 Å². The summed E-state index contributed by atoms with van der Waals surface area (Å²) >= 11 is 3.25. The molecule has 1 aliphatic rings. The lowest BCUT2D eigenvalue weighted by Crippen LogP contribution is -2.20. The number of carbonyl (C=O) groups is 2. The van der Waals surface area contributed by atoms with E-state index in [1.807, 2.05) is 0 Å². The van der Waals surface area contributed by atoms with Gasteiger partial charge in [0.1, 0.15) is 0 Å². The van der Waals surface area contributed by atoms with Gasteiger partial charge < -0.3 is 10.4 Å². The third kappa shape index (κ3) is 1.87. The number of carbonyl (C=O) groups excluding carboxylic acids is 1. The van der Waals surface area contributed by atoms with Gasteiger partial charge in [0.05, 0.1) is 11.3 Å². The van der Waals surface area contributed by atoms with E-state index in [2.05, 4.69) is 21.2 Å². The van der Waals surface area contributed by atoms with Crippen molar-refractivity contribution in [2.45, 2.75) is 12.8 Å². The van der Waals surface area contributed by atoms with Crippen molar-refractivity contribution in [3.8, 4) is 0 Å². The molecule has 0 aromatic heterocycles. The van der Waals surface area contributed by atoms with Crippen molar-refractivity contribution in [3.63, 3.8) is 0 Å². The highest BCUT2D eigenvalue weighted by Gasteiger charge is 2.19. The minimum atomic E-state index is -0.963. The van der Waals surface area contributed by atoms with Crippen molar-refractivity contribution < 1.29 is 14.7 Å². The predicted molar refractivity (Wildman–Crippen MR) is 58.1 cm³/mol. The van der Waals surface area contributed by atoms with Gasteiger partial charge in [-0.25, -0.2) is 4.79 Å². The molecule has 0 spiro atoms. The Bertz CT molecular complexity index is 456. The fourth-order valence-electron chi connectivity index (χ4n) is 1.57. The van der Waals surface area contributed by atoms with Gasteiger partial charge in [-0.1, -0.05) is 0 Å². The molecular formula is C10H8BrNO3. The van der Waals surface area contributed by atoms with Gasteiger partial charge >= 0.3 is 5.97 Å². The Balaban J connectivity index is 2.52. The molecule has 5 heteroatoms. The summed E-state index contributed by atoms with van der Waals surface area (Å²) in [6, 6.07) is 3.09.